The first-order valence-electron chi connectivity index (χ1n) is 5.36. The Morgan fingerprint density at radius 1 is 1.31 bits per heavy atom. The molecule has 13 heavy (non-hydrogen) atoms. The van der Waals surface area contributed by atoms with Crippen LogP contribution in [0, 0.1) is 5.92 Å². The number of hydrogen-bond donors (Lipinski definition) is 0. The lowest BCUT2D eigenvalue weighted by Gasteiger charge is -2.27. The average Bonchev–Trinajstić information content (AvgIpc) is 2.28. The molecule has 1 aliphatic rings. The van der Waals surface area contributed by atoms with Crippen LogP contribution in [0.15, 0.2) is 0 Å². The van der Waals surface area contributed by atoms with Gasteiger partial charge in [0, 0.05) is 12.6 Å². The Labute approximate surface area is 82.3 Å². The lowest BCUT2D eigenvalue weighted by Crippen LogP contribution is -2.37. The van der Waals surface area contributed by atoms with E-state index in [4.69, 9.17) is 4.74 Å². The summed E-state index contributed by atoms with van der Waals surface area (Å²) in [5.41, 5.74) is 0. The Morgan fingerprint density at radius 3 is 2.31 bits per heavy atom. The monoisotopic (exact) mass is 185 g/mol. The predicted octanol–water partition coefficient (Wildman–Crippen LogP) is 2.14. The van der Waals surface area contributed by atoms with Gasteiger partial charge in [0.15, 0.2) is 0 Å². The van der Waals surface area contributed by atoms with E-state index in [-0.39, 0.29) is 0 Å². The van der Waals surface area contributed by atoms with Crippen LogP contribution in [0.2, 0.25) is 0 Å². The smallest absolute Gasteiger partial charge is 0.0705 e. The highest BCUT2D eigenvalue weighted by atomic mass is 16.5. The van der Waals surface area contributed by atoms with Crippen LogP contribution >= 0.6 is 0 Å². The van der Waals surface area contributed by atoms with Crippen molar-refractivity contribution in [2.45, 2.75) is 52.4 Å². The number of nitrogens with zero attached hydrogens (tertiary/aromatic N) is 1. The van der Waals surface area contributed by atoms with E-state index < -0.39 is 0 Å². The van der Waals surface area contributed by atoms with Crippen molar-refractivity contribution in [1.82, 2.24) is 4.90 Å². The van der Waals surface area contributed by atoms with Crippen LogP contribution < -0.4 is 0 Å². The van der Waals surface area contributed by atoms with Crippen LogP contribution in [-0.2, 0) is 4.74 Å². The predicted molar refractivity (Wildman–Crippen MR) is 55.9 cm³/mol. The molecule has 0 amide bonds. The van der Waals surface area contributed by atoms with Gasteiger partial charge in [0.05, 0.1) is 12.2 Å². The Balaban J connectivity index is 2.42. The molecule has 0 unspecified atom stereocenters. The Bertz CT molecular complexity index is 158. The second-order valence-corrected chi connectivity index (χ2v) is 4.74. The van der Waals surface area contributed by atoms with Crippen molar-refractivity contribution >= 4 is 0 Å². The highest BCUT2D eigenvalue weighted by Crippen LogP contribution is 2.25. The van der Waals surface area contributed by atoms with Crippen molar-refractivity contribution in [1.29, 1.82) is 0 Å². The molecule has 0 spiro atoms. The van der Waals surface area contributed by atoms with Gasteiger partial charge in [0.25, 0.3) is 0 Å². The molecule has 1 aliphatic heterocycles. The summed E-state index contributed by atoms with van der Waals surface area (Å²) in [7, 11) is 2.20. The van der Waals surface area contributed by atoms with Gasteiger partial charge in [-0.3, -0.25) is 0 Å². The van der Waals surface area contributed by atoms with E-state index in [1.165, 1.54) is 13.0 Å². The molecule has 0 aromatic carbocycles. The van der Waals surface area contributed by atoms with Gasteiger partial charge in [0.1, 0.15) is 0 Å². The Morgan fingerprint density at radius 2 is 1.92 bits per heavy atom. The fourth-order valence-electron chi connectivity index (χ4n) is 2.36. The molecule has 0 N–H and O–H groups in total. The lowest BCUT2D eigenvalue weighted by molar-refractivity contribution is -0.0202. The van der Waals surface area contributed by atoms with Crippen molar-refractivity contribution in [3.63, 3.8) is 0 Å². The number of rotatable bonds is 3. The van der Waals surface area contributed by atoms with Crippen LogP contribution in [0.4, 0.5) is 0 Å². The highest BCUT2D eigenvalue weighted by Gasteiger charge is 2.31. The van der Waals surface area contributed by atoms with Crippen molar-refractivity contribution in [2.24, 2.45) is 5.92 Å². The van der Waals surface area contributed by atoms with Crippen LogP contribution in [0.5, 0.6) is 0 Å². The number of ether oxygens (including phenoxy) is 1. The van der Waals surface area contributed by atoms with E-state index >= 15 is 0 Å². The number of likely N-dealkylation sites (tertiary alicyclic amines) is 1. The molecule has 0 radical (unpaired) electrons. The maximum atomic E-state index is 5.81. The van der Waals surface area contributed by atoms with E-state index in [1.807, 2.05) is 0 Å². The zero-order chi connectivity index (χ0) is 10.0. The molecule has 0 bridgehead atoms. The summed E-state index contributed by atoms with van der Waals surface area (Å²) >= 11 is 0. The Kier molecular flexibility index (Phi) is 3.74. The van der Waals surface area contributed by atoms with E-state index in [1.54, 1.807) is 0 Å². The first-order valence-corrected chi connectivity index (χ1v) is 5.36. The molecular formula is C11H23NO. The molecular weight excluding hydrogens is 162 g/mol. The molecule has 1 heterocycles. The second kappa shape index (κ2) is 4.43. The van der Waals surface area contributed by atoms with Gasteiger partial charge < -0.3 is 9.64 Å². The van der Waals surface area contributed by atoms with Crippen LogP contribution in [0.3, 0.4) is 0 Å². The van der Waals surface area contributed by atoms with Crippen molar-refractivity contribution < 1.29 is 4.74 Å². The van der Waals surface area contributed by atoms with Crippen LogP contribution in [0.1, 0.15) is 34.1 Å². The second-order valence-electron chi connectivity index (χ2n) is 4.74. The summed E-state index contributed by atoms with van der Waals surface area (Å²) in [6.07, 6.45) is 2.00. The summed E-state index contributed by atoms with van der Waals surface area (Å²) in [4.78, 5) is 2.43. The fourth-order valence-corrected chi connectivity index (χ4v) is 2.36. The van der Waals surface area contributed by atoms with Gasteiger partial charge >= 0.3 is 0 Å². The Hall–Kier alpha value is -0.0800. The molecule has 3 atom stereocenters. The molecule has 1 fully saturated rings. The third-order valence-electron chi connectivity index (χ3n) is 2.84. The first-order chi connectivity index (χ1) is 6.00. The molecule has 1 saturated heterocycles. The average molecular weight is 185 g/mol. The zero-order valence-corrected chi connectivity index (χ0v) is 9.58. The minimum atomic E-state index is 0.347. The first kappa shape index (κ1) is 11.0. The van der Waals surface area contributed by atoms with Gasteiger partial charge in [-0.15, -0.1) is 0 Å². The summed E-state index contributed by atoms with van der Waals surface area (Å²) < 4.78 is 5.81. The molecule has 2 nitrogen and oxygen atoms in total. The third-order valence-corrected chi connectivity index (χ3v) is 2.84. The summed E-state index contributed by atoms with van der Waals surface area (Å²) in [6, 6.07) is 0.623. The number of hydrogen-bond acceptors (Lipinski definition) is 2. The van der Waals surface area contributed by atoms with Gasteiger partial charge in [-0.25, -0.2) is 0 Å². The van der Waals surface area contributed by atoms with E-state index in [0.717, 1.165) is 5.92 Å². The van der Waals surface area contributed by atoms with Crippen molar-refractivity contribution in [2.75, 3.05) is 13.6 Å². The van der Waals surface area contributed by atoms with E-state index in [9.17, 15) is 0 Å². The minimum absolute atomic E-state index is 0.347. The molecule has 0 aliphatic carbocycles. The van der Waals surface area contributed by atoms with Crippen molar-refractivity contribution in [3.8, 4) is 0 Å². The van der Waals surface area contributed by atoms with Crippen molar-refractivity contribution in [3.05, 3.63) is 0 Å². The lowest BCUT2D eigenvalue weighted by atomic mass is 10.0. The molecule has 0 aromatic heterocycles. The molecule has 1 rings (SSSR count). The molecule has 2 heteroatoms. The normalized spacial score (nSPS) is 32.8. The molecule has 0 aromatic rings. The quantitative estimate of drug-likeness (QED) is 0.668. The summed E-state index contributed by atoms with van der Waals surface area (Å²) in [5.74, 6) is 0.827. The van der Waals surface area contributed by atoms with Gasteiger partial charge in [-0.05, 0) is 40.2 Å². The molecule has 0 saturated carbocycles. The zero-order valence-electron chi connectivity index (χ0n) is 9.58. The SMILES string of the molecule is CC(C)O[C@@H](C)[C@@H]1C[C@H](C)CN1C. The molecule has 78 valence electrons. The van der Waals surface area contributed by atoms with E-state index in [0.29, 0.717) is 18.2 Å². The minimum Gasteiger partial charge on any atom is -0.374 e. The summed E-state index contributed by atoms with van der Waals surface area (Å²) in [5, 5.41) is 0. The van der Waals surface area contributed by atoms with Crippen LogP contribution in [0.25, 0.3) is 0 Å². The summed E-state index contributed by atoms with van der Waals surface area (Å²) in [6.45, 7) is 9.94. The van der Waals surface area contributed by atoms with Crippen LogP contribution in [-0.4, -0.2) is 36.7 Å². The fraction of sp³-hybridized carbons (Fsp3) is 1.00. The highest BCUT2D eigenvalue weighted by molar-refractivity contribution is 4.85. The van der Waals surface area contributed by atoms with E-state index in [2.05, 4.69) is 39.6 Å². The third kappa shape index (κ3) is 2.96. The van der Waals surface area contributed by atoms with Gasteiger partial charge in [0.2, 0.25) is 0 Å². The maximum Gasteiger partial charge on any atom is 0.0705 e. The maximum absolute atomic E-state index is 5.81. The number of likely N-dealkylation sites (N-methyl/N-ethyl adjacent to an activating group) is 1. The largest absolute Gasteiger partial charge is 0.374 e. The topological polar surface area (TPSA) is 12.5 Å². The van der Waals surface area contributed by atoms with Gasteiger partial charge in [-0.2, -0.15) is 0 Å². The van der Waals surface area contributed by atoms with Gasteiger partial charge in [-0.1, -0.05) is 6.92 Å². The standard InChI is InChI=1S/C11H23NO/c1-8(2)13-10(4)11-6-9(3)7-12(11)5/h8-11H,6-7H2,1-5H3/t9-,10-,11-/m0/s1.